The fourth-order valence-corrected chi connectivity index (χ4v) is 11.6. The van der Waals surface area contributed by atoms with Gasteiger partial charge in [0.1, 0.15) is 13.2 Å². The Bertz CT molecular complexity index is 3260. The summed E-state index contributed by atoms with van der Waals surface area (Å²) in [5.74, 6) is 23.2. The van der Waals surface area contributed by atoms with Gasteiger partial charge < -0.3 is 57.0 Å². The predicted octanol–water partition coefficient (Wildman–Crippen LogP) is 11.3. The summed E-state index contributed by atoms with van der Waals surface area (Å²) < 4.78 is 49.0. The van der Waals surface area contributed by atoms with Crippen molar-refractivity contribution in [2.75, 3.05) is 66.1 Å². The molecule has 0 aromatic heterocycles. The smallest absolute Gasteiger partial charge is 0.325 e. The second-order valence-corrected chi connectivity index (χ2v) is 41.9. The molecule has 2 aliphatic carbocycles. The van der Waals surface area contributed by atoms with Crippen molar-refractivity contribution < 1.29 is 85.8 Å². The summed E-state index contributed by atoms with van der Waals surface area (Å²) in [6.45, 7) is 44.5. The first-order chi connectivity index (χ1) is 44.7. The summed E-state index contributed by atoms with van der Waals surface area (Å²) in [5.41, 5.74) is 2.05. The van der Waals surface area contributed by atoms with Crippen molar-refractivity contribution in [3.05, 3.63) is 68.8 Å². The van der Waals surface area contributed by atoms with Gasteiger partial charge in [-0.1, -0.05) is 117 Å². The van der Waals surface area contributed by atoms with E-state index in [0.717, 1.165) is 33.4 Å². The molecule has 0 saturated carbocycles. The van der Waals surface area contributed by atoms with Gasteiger partial charge in [-0.3, -0.25) is 28.8 Å². The fraction of sp³-hybridized carbons (Fsp3) is 0.605. The van der Waals surface area contributed by atoms with E-state index in [1.807, 2.05) is 24.3 Å². The van der Waals surface area contributed by atoms with Gasteiger partial charge in [-0.05, 0) is 179 Å². The lowest BCUT2D eigenvalue weighted by Gasteiger charge is -2.36. The molecule has 0 atom stereocenters. The molecule has 2 aromatic rings. The van der Waals surface area contributed by atoms with Crippen molar-refractivity contribution in [1.29, 1.82) is 0 Å². The molecule has 0 amide bonds. The SMILES string of the molecule is C.C#CCC(CC#C)(C(=O)OCC)C(=O)OCC.CC(C)(C)[Si](C)(C)OCC#CC#CCO.CCOC(=O)C1(C(=O)OCC)Cc2cc(C#CCO)c(CO[Si](C)(C)C(C)(C)C)cc2C1.CCOC(=O)C1(C(=O)OCC)Cc2cc(C#CCO[Si](C)(C)C(C)(C)C)c(CO)cc2C1. The molecule has 0 spiro atoms. The molecule has 0 saturated heterocycles. The minimum Gasteiger partial charge on any atom is -0.465 e. The van der Waals surface area contributed by atoms with Crippen molar-refractivity contribution in [2.45, 2.75) is 217 Å². The second kappa shape index (κ2) is 40.8. The Morgan fingerprint density at radius 1 is 0.454 bits per heavy atom. The Kier molecular flexibility index (Phi) is 37.9. The average Bonchev–Trinajstić information content (AvgIpc) is 1.61. The molecular weight excluding hydrogens is 1290 g/mol. The molecule has 0 bridgehead atoms. The van der Waals surface area contributed by atoms with Crippen molar-refractivity contribution in [1.82, 2.24) is 0 Å². The normalized spacial score (nSPS) is 13.3. The molecule has 97 heavy (non-hydrogen) atoms. The van der Waals surface area contributed by atoms with Crippen molar-refractivity contribution in [2.24, 2.45) is 16.2 Å². The van der Waals surface area contributed by atoms with Gasteiger partial charge in [-0.25, -0.2) is 0 Å². The van der Waals surface area contributed by atoms with E-state index >= 15 is 0 Å². The minimum absolute atomic E-state index is 0. The maximum absolute atomic E-state index is 12.9. The second-order valence-electron chi connectivity index (χ2n) is 27.4. The van der Waals surface area contributed by atoms with Crippen LogP contribution in [0.3, 0.4) is 0 Å². The molecule has 18 nitrogen and oxygen atoms in total. The zero-order valence-corrected chi connectivity index (χ0v) is 64.2. The van der Waals surface area contributed by atoms with Gasteiger partial charge in [0.05, 0.1) is 66.1 Å². The number of aliphatic hydroxyl groups excluding tert-OH is 3. The van der Waals surface area contributed by atoms with E-state index in [1.165, 1.54) is 0 Å². The van der Waals surface area contributed by atoms with Crippen molar-refractivity contribution in [3.8, 4) is 72.1 Å². The number of hydrogen-bond acceptors (Lipinski definition) is 18. The molecular formula is C76H112O18Si3. The zero-order chi connectivity index (χ0) is 73.6. The first kappa shape index (κ1) is 90.0. The third-order valence-corrected chi connectivity index (χ3v) is 31.1. The Hall–Kier alpha value is -6.97. The van der Waals surface area contributed by atoms with E-state index in [-0.39, 0.29) is 121 Å². The Balaban J connectivity index is 0.00000133. The number of benzene rings is 2. The van der Waals surface area contributed by atoms with Crippen LogP contribution in [-0.4, -0.2) is 142 Å². The van der Waals surface area contributed by atoms with Crippen LogP contribution >= 0.6 is 0 Å². The quantitative estimate of drug-likeness (QED) is 0.0326. The molecule has 0 aliphatic heterocycles. The topological polar surface area (TPSA) is 246 Å². The maximum atomic E-state index is 12.9. The first-order valence-corrected chi connectivity index (χ1v) is 41.3. The van der Waals surface area contributed by atoms with Crippen LogP contribution in [0.25, 0.3) is 0 Å². The number of terminal acetylenes is 2. The fourth-order valence-electron chi connectivity index (χ4n) is 8.96. The van der Waals surface area contributed by atoms with Crippen LogP contribution in [0, 0.1) is 88.3 Å². The van der Waals surface area contributed by atoms with Crippen LogP contribution in [0.2, 0.25) is 54.4 Å². The standard InChI is InChI=1S/2C25H36O6Si.C13H16O4.C12H20O2Si.CH4/c1-8-29-22(27)25(23(28)30-9-2)15-19-13-18(21(17-26)14-20(19)16-25)11-10-12-31-32(6,7)24(3,4)5;1-8-29-22(27)25(23(28)30-9-2)15-19-13-18(11-10-12-26)21(14-20(19)16-25)17-31-32(6,7)24(3,4)5;1-5-9-13(10-6-2,11(14)16-7-3)12(15)17-8-4;1-12(2,3)15(4,5)14-11-9-7-6-8-10-13;/h2*13-14,26H,8-9,12,15-17H2,1-7H3;1-2H,7-10H2,3-4H3;13H,10-11H2,1-5H3;1H4. The van der Waals surface area contributed by atoms with E-state index in [1.54, 1.807) is 41.5 Å². The molecule has 536 valence electrons. The first-order valence-electron chi connectivity index (χ1n) is 32.6. The number of hydrogen-bond donors (Lipinski definition) is 3. The van der Waals surface area contributed by atoms with E-state index in [2.05, 4.69) is 161 Å². The minimum atomic E-state index is -2.00. The molecule has 21 heteroatoms. The van der Waals surface area contributed by atoms with Gasteiger partial charge in [-0.2, -0.15) is 0 Å². The van der Waals surface area contributed by atoms with Crippen molar-refractivity contribution in [3.63, 3.8) is 0 Å². The highest BCUT2D eigenvalue weighted by atomic mass is 28.4. The third kappa shape index (κ3) is 25.4. The van der Waals surface area contributed by atoms with Crippen LogP contribution in [0.4, 0.5) is 0 Å². The van der Waals surface area contributed by atoms with Gasteiger partial charge in [-0.15, -0.1) is 24.7 Å². The van der Waals surface area contributed by atoms with Crippen molar-refractivity contribution >= 4 is 60.8 Å². The molecule has 3 N–H and O–H groups in total. The molecule has 2 aliphatic rings. The summed E-state index contributed by atoms with van der Waals surface area (Å²) in [6.07, 6.45) is 10.9. The number of esters is 6. The number of carbonyl (C=O) groups is 6. The molecule has 4 rings (SSSR count). The summed E-state index contributed by atoms with van der Waals surface area (Å²) in [4.78, 5) is 74.9. The van der Waals surface area contributed by atoms with Crippen LogP contribution < -0.4 is 0 Å². The lowest BCUT2D eigenvalue weighted by Crippen LogP contribution is -2.43. The van der Waals surface area contributed by atoms with Crippen LogP contribution in [0.15, 0.2) is 24.3 Å². The Labute approximate surface area is 584 Å². The Morgan fingerprint density at radius 3 is 1.09 bits per heavy atom. The number of fused-ring (bicyclic) bond motifs is 2. The highest BCUT2D eigenvalue weighted by Crippen LogP contribution is 2.44. The van der Waals surface area contributed by atoms with Gasteiger partial charge in [0.15, 0.2) is 41.2 Å². The number of aliphatic hydroxyl groups is 3. The van der Waals surface area contributed by atoms with Gasteiger partial charge in [0, 0.05) is 24.0 Å². The maximum Gasteiger partial charge on any atom is 0.325 e. The molecule has 0 heterocycles. The van der Waals surface area contributed by atoms with E-state index in [9.17, 15) is 39.0 Å². The zero-order valence-electron chi connectivity index (χ0n) is 61.2. The van der Waals surface area contributed by atoms with Gasteiger partial charge in [0.25, 0.3) is 0 Å². The average molecular weight is 1400 g/mol. The highest BCUT2D eigenvalue weighted by Gasteiger charge is 2.55. The van der Waals surface area contributed by atoms with Crippen LogP contribution in [-0.2, 0) is 109 Å². The largest absolute Gasteiger partial charge is 0.465 e. The molecule has 0 unspecified atom stereocenters. The Morgan fingerprint density at radius 2 is 0.763 bits per heavy atom. The lowest BCUT2D eigenvalue weighted by molar-refractivity contribution is -0.173. The number of rotatable bonds is 22. The molecule has 2 aromatic carbocycles. The summed E-state index contributed by atoms with van der Waals surface area (Å²) in [6, 6.07) is 7.57. The van der Waals surface area contributed by atoms with E-state index in [0.29, 0.717) is 30.9 Å². The van der Waals surface area contributed by atoms with Gasteiger partial charge in [0.2, 0.25) is 0 Å². The van der Waals surface area contributed by atoms with E-state index < -0.39 is 77.0 Å². The predicted molar refractivity (Wildman–Crippen MR) is 386 cm³/mol. The summed E-state index contributed by atoms with van der Waals surface area (Å²) >= 11 is 0. The van der Waals surface area contributed by atoms with Gasteiger partial charge >= 0.3 is 35.8 Å². The number of ether oxygens (including phenoxy) is 6. The highest BCUT2D eigenvalue weighted by molar-refractivity contribution is 6.75. The molecule has 0 fully saturated rings. The summed E-state index contributed by atoms with van der Waals surface area (Å²) in [5, 5.41) is 27.9. The lowest BCUT2D eigenvalue weighted by atomic mass is 9.81. The third-order valence-electron chi connectivity index (χ3n) is 17.7. The van der Waals surface area contributed by atoms with Crippen LogP contribution in [0.5, 0.6) is 0 Å². The van der Waals surface area contributed by atoms with E-state index in [4.69, 9.17) is 59.7 Å². The summed E-state index contributed by atoms with van der Waals surface area (Å²) in [7, 11) is -5.57. The van der Waals surface area contributed by atoms with Crippen LogP contribution in [0.1, 0.15) is 169 Å². The monoisotopic (exact) mass is 1400 g/mol. The number of carbonyl (C=O) groups excluding carboxylic acids is 6. The molecule has 0 radical (unpaired) electrons.